The molecule has 5 nitrogen and oxygen atoms in total. The molecule has 134 valence electrons. The predicted octanol–water partition coefficient (Wildman–Crippen LogP) is 5.08. The first kappa shape index (κ1) is 18.0. The fourth-order valence-electron chi connectivity index (χ4n) is 2.57. The normalized spacial score (nSPS) is 20.0. The lowest BCUT2D eigenvalue weighted by Crippen LogP contribution is -2.31. The Balaban J connectivity index is 1.92. The molecule has 1 fully saturated rings. The van der Waals surface area contributed by atoms with Gasteiger partial charge in [-0.15, -0.1) is 0 Å². The summed E-state index contributed by atoms with van der Waals surface area (Å²) >= 11 is 0. The zero-order chi connectivity index (χ0) is 18.1. The molecular weight excluding hydrogens is 337 g/mol. The number of benzene rings is 2. The zero-order valence-electron chi connectivity index (χ0n) is 14.7. The number of aromatic hydroxyl groups is 1. The second-order valence-electron chi connectivity index (χ2n) is 7.26. The Bertz CT molecular complexity index is 757. The van der Waals surface area contributed by atoms with Crippen LogP contribution in [-0.4, -0.2) is 18.3 Å². The molecule has 1 aliphatic rings. The highest BCUT2D eigenvalue weighted by atomic mass is 31.2. The molecule has 0 bridgehead atoms. The second-order valence-corrected chi connectivity index (χ2v) is 9.37. The molecule has 1 aliphatic heterocycles. The molecule has 1 saturated heterocycles. The van der Waals surface area contributed by atoms with E-state index in [9.17, 15) is 9.67 Å². The summed E-state index contributed by atoms with van der Waals surface area (Å²) in [6, 6.07) is 14.4. The van der Waals surface area contributed by atoms with E-state index in [0.717, 1.165) is 16.8 Å². The Kier molecular flexibility index (Phi) is 4.92. The van der Waals surface area contributed by atoms with Gasteiger partial charge in [0.2, 0.25) is 0 Å². The van der Waals surface area contributed by atoms with E-state index in [4.69, 9.17) is 9.05 Å². The Morgan fingerprint density at radius 2 is 1.60 bits per heavy atom. The van der Waals surface area contributed by atoms with Crippen molar-refractivity contribution in [1.29, 1.82) is 0 Å². The monoisotopic (exact) mass is 361 g/mol. The topological polar surface area (TPSA) is 67.8 Å². The van der Waals surface area contributed by atoms with Crippen LogP contribution in [0.3, 0.4) is 0 Å². The van der Waals surface area contributed by atoms with Crippen molar-refractivity contribution in [2.24, 2.45) is 5.41 Å². The zero-order valence-corrected chi connectivity index (χ0v) is 15.6. The van der Waals surface area contributed by atoms with Crippen molar-refractivity contribution in [2.75, 3.05) is 18.5 Å². The Hall–Kier alpha value is -1.81. The molecule has 25 heavy (non-hydrogen) atoms. The Morgan fingerprint density at radius 1 is 1.04 bits per heavy atom. The Labute approximate surface area is 148 Å². The van der Waals surface area contributed by atoms with E-state index in [1.54, 1.807) is 24.3 Å². The van der Waals surface area contributed by atoms with Crippen LogP contribution < -0.4 is 5.32 Å². The summed E-state index contributed by atoms with van der Waals surface area (Å²) in [5.74, 6) is -0.491. The molecule has 0 saturated carbocycles. The molecule has 1 unspecified atom stereocenters. The van der Waals surface area contributed by atoms with Gasteiger partial charge in [-0.1, -0.05) is 43.7 Å². The van der Waals surface area contributed by atoms with Gasteiger partial charge in [0.15, 0.2) is 5.78 Å². The van der Waals surface area contributed by atoms with Crippen LogP contribution in [0.15, 0.2) is 48.5 Å². The van der Waals surface area contributed by atoms with Crippen molar-refractivity contribution < 1.29 is 18.7 Å². The molecule has 1 heterocycles. The highest BCUT2D eigenvalue weighted by Crippen LogP contribution is 2.64. The fourth-order valence-corrected chi connectivity index (χ4v) is 4.84. The largest absolute Gasteiger partial charge is 0.508 e. The molecule has 0 radical (unpaired) electrons. The van der Waals surface area contributed by atoms with E-state index in [2.05, 4.69) is 5.32 Å². The minimum Gasteiger partial charge on any atom is -0.508 e. The molecule has 0 aliphatic carbocycles. The number of nitrogens with one attached hydrogen (secondary N) is 1. The third-order valence-corrected chi connectivity index (χ3v) is 6.19. The van der Waals surface area contributed by atoms with Gasteiger partial charge in [-0.3, -0.25) is 4.57 Å². The van der Waals surface area contributed by atoms with Gasteiger partial charge < -0.3 is 19.5 Å². The van der Waals surface area contributed by atoms with Crippen molar-refractivity contribution in [3.8, 4) is 5.75 Å². The van der Waals surface area contributed by atoms with Crippen molar-refractivity contribution in [3.05, 3.63) is 59.7 Å². The molecule has 2 N–H and O–H groups in total. The van der Waals surface area contributed by atoms with Crippen molar-refractivity contribution in [2.45, 2.75) is 26.6 Å². The number of hydrogen-bond donors (Lipinski definition) is 2. The molecule has 3 rings (SSSR count). The van der Waals surface area contributed by atoms with Gasteiger partial charge >= 0.3 is 7.60 Å². The van der Waals surface area contributed by atoms with Crippen molar-refractivity contribution in [1.82, 2.24) is 0 Å². The highest BCUT2D eigenvalue weighted by molar-refractivity contribution is 7.54. The first-order valence-corrected chi connectivity index (χ1v) is 9.90. The third-order valence-electron chi connectivity index (χ3n) is 4.15. The maximum atomic E-state index is 13.4. The smallest absolute Gasteiger partial charge is 0.357 e. The van der Waals surface area contributed by atoms with Gasteiger partial charge in [0.25, 0.3) is 0 Å². The summed E-state index contributed by atoms with van der Waals surface area (Å²) in [4.78, 5) is 0. The number of phenolic OH excluding ortho intramolecular Hbond substituents is 1. The number of aryl methyl sites for hydroxylation is 1. The Morgan fingerprint density at radius 3 is 2.16 bits per heavy atom. The average Bonchev–Trinajstić information content (AvgIpc) is 2.58. The van der Waals surface area contributed by atoms with Gasteiger partial charge in [-0.25, -0.2) is 0 Å². The summed E-state index contributed by atoms with van der Waals surface area (Å²) < 4.78 is 24.9. The first-order valence-electron chi connectivity index (χ1n) is 8.28. The van der Waals surface area contributed by atoms with Crippen LogP contribution in [0.4, 0.5) is 5.69 Å². The van der Waals surface area contributed by atoms with Crippen LogP contribution in [0, 0.1) is 12.3 Å². The molecule has 2 aromatic rings. The number of phenols is 1. The highest BCUT2D eigenvalue weighted by Gasteiger charge is 2.43. The lowest BCUT2D eigenvalue weighted by molar-refractivity contribution is 0.0387. The summed E-state index contributed by atoms with van der Waals surface area (Å²) in [5.41, 5.74) is 2.54. The summed E-state index contributed by atoms with van der Waals surface area (Å²) in [6.07, 6.45) is 0. The standard InChI is InChI=1S/C19H24NO4P/c1-14-4-8-16(9-5-14)20-18(15-6-10-17(21)11-7-15)25(22)23-12-19(2,3)13-24-25/h4-11,18,20-21H,12-13H2,1-3H3. The van der Waals surface area contributed by atoms with E-state index < -0.39 is 13.4 Å². The minimum atomic E-state index is -3.41. The summed E-state index contributed by atoms with van der Waals surface area (Å²) in [5, 5.41) is 12.8. The van der Waals surface area contributed by atoms with E-state index in [1.165, 1.54) is 0 Å². The van der Waals surface area contributed by atoms with E-state index in [0.29, 0.717) is 13.2 Å². The quantitative estimate of drug-likeness (QED) is 0.744. The van der Waals surface area contributed by atoms with Gasteiger partial charge in [0.1, 0.15) is 5.75 Å². The molecule has 0 amide bonds. The molecule has 1 atom stereocenters. The molecule has 0 spiro atoms. The average molecular weight is 361 g/mol. The summed E-state index contributed by atoms with van der Waals surface area (Å²) in [6.45, 7) is 6.78. The maximum absolute atomic E-state index is 13.4. The van der Waals surface area contributed by atoms with Crippen LogP contribution in [0.5, 0.6) is 5.75 Å². The van der Waals surface area contributed by atoms with E-state index >= 15 is 0 Å². The van der Waals surface area contributed by atoms with Crippen LogP contribution in [0.1, 0.15) is 30.8 Å². The van der Waals surface area contributed by atoms with Gasteiger partial charge in [-0.2, -0.15) is 0 Å². The first-order chi connectivity index (χ1) is 11.8. The van der Waals surface area contributed by atoms with Gasteiger partial charge in [0, 0.05) is 11.1 Å². The van der Waals surface area contributed by atoms with Crippen LogP contribution in [0.25, 0.3) is 0 Å². The lowest BCUT2D eigenvalue weighted by atomic mass is 9.97. The SMILES string of the molecule is Cc1ccc(NC(c2ccc(O)cc2)P2(=O)OCC(C)(C)CO2)cc1. The predicted molar refractivity (Wildman–Crippen MR) is 98.9 cm³/mol. The van der Waals surface area contributed by atoms with Crippen LogP contribution >= 0.6 is 7.60 Å². The van der Waals surface area contributed by atoms with E-state index in [1.807, 2.05) is 45.0 Å². The maximum Gasteiger partial charge on any atom is 0.357 e. The minimum absolute atomic E-state index is 0.155. The molecular formula is C19H24NO4P. The number of rotatable bonds is 4. The molecule has 2 aromatic carbocycles. The van der Waals surface area contributed by atoms with Crippen molar-refractivity contribution >= 4 is 13.3 Å². The number of hydrogen-bond acceptors (Lipinski definition) is 5. The van der Waals surface area contributed by atoms with E-state index in [-0.39, 0.29) is 11.2 Å². The number of anilines is 1. The van der Waals surface area contributed by atoms with Crippen LogP contribution in [-0.2, 0) is 13.6 Å². The van der Waals surface area contributed by atoms with Gasteiger partial charge in [0.05, 0.1) is 13.2 Å². The molecule has 0 aromatic heterocycles. The van der Waals surface area contributed by atoms with Gasteiger partial charge in [-0.05, 0) is 36.8 Å². The third kappa shape index (κ3) is 4.24. The lowest BCUT2D eigenvalue weighted by Gasteiger charge is -2.38. The summed E-state index contributed by atoms with van der Waals surface area (Å²) in [7, 11) is -3.41. The van der Waals surface area contributed by atoms with Crippen molar-refractivity contribution in [3.63, 3.8) is 0 Å². The second kappa shape index (κ2) is 6.83. The fraction of sp³-hybridized carbons (Fsp3) is 0.368. The molecule has 6 heteroatoms. The van der Waals surface area contributed by atoms with Crippen LogP contribution in [0.2, 0.25) is 0 Å².